The largest absolute Gasteiger partial charge is 0.454 e. The SMILES string of the molecule is Cc1ccc(C(=O)[C@@H](C)OC(=O)Cc2c(C)nc3ncnn3c2C)cc1. The second kappa shape index (κ2) is 7.03. The van der Waals surface area contributed by atoms with E-state index in [4.69, 9.17) is 4.74 Å². The first kappa shape index (κ1) is 17.7. The standard InChI is InChI=1S/C19H20N4O3/c1-11-5-7-15(8-6-11)18(25)14(4)26-17(24)9-16-12(2)22-19-20-10-21-23(19)13(16)3/h5-8,10,14H,9H2,1-4H3/t14-/m1/s1. The number of carbonyl (C=O) groups excluding carboxylic acids is 2. The maximum absolute atomic E-state index is 12.4. The van der Waals surface area contributed by atoms with Crippen molar-refractivity contribution in [3.8, 4) is 0 Å². The normalized spacial score (nSPS) is 12.2. The lowest BCUT2D eigenvalue weighted by atomic mass is 10.1. The van der Waals surface area contributed by atoms with Crippen molar-refractivity contribution in [2.24, 2.45) is 0 Å². The van der Waals surface area contributed by atoms with Crippen molar-refractivity contribution in [1.29, 1.82) is 0 Å². The number of nitrogens with zero attached hydrogens (tertiary/aromatic N) is 4. The molecular formula is C19H20N4O3. The Morgan fingerprint density at radius 2 is 1.85 bits per heavy atom. The van der Waals surface area contributed by atoms with Gasteiger partial charge in [-0.25, -0.2) is 9.50 Å². The van der Waals surface area contributed by atoms with Crippen LogP contribution in [-0.2, 0) is 16.0 Å². The molecule has 7 heteroatoms. The van der Waals surface area contributed by atoms with Crippen molar-refractivity contribution < 1.29 is 14.3 Å². The molecule has 26 heavy (non-hydrogen) atoms. The van der Waals surface area contributed by atoms with Crippen LogP contribution in [0.15, 0.2) is 30.6 Å². The van der Waals surface area contributed by atoms with Crippen molar-refractivity contribution >= 4 is 17.5 Å². The summed E-state index contributed by atoms with van der Waals surface area (Å²) in [4.78, 5) is 33.1. The van der Waals surface area contributed by atoms with Gasteiger partial charge < -0.3 is 4.74 Å². The maximum Gasteiger partial charge on any atom is 0.311 e. The van der Waals surface area contributed by atoms with E-state index in [9.17, 15) is 9.59 Å². The lowest BCUT2D eigenvalue weighted by Crippen LogP contribution is -2.26. The van der Waals surface area contributed by atoms with E-state index in [1.165, 1.54) is 6.33 Å². The molecule has 7 nitrogen and oxygen atoms in total. The molecule has 3 rings (SSSR count). The van der Waals surface area contributed by atoms with Crippen molar-refractivity contribution in [2.45, 2.75) is 40.2 Å². The molecular weight excluding hydrogens is 332 g/mol. The second-order valence-corrected chi connectivity index (χ2v) is 6.27. The number of carbonyl (C=O) groups is 2. The minimum absolute atomic E-state index is 0.0198. The van der Waals surface area contributed by atoms with Gasteiger partial charge in [-0.1, -0.05) is 29.8 Å². The van der Waals surface area contributed by atoms with E-state index in [-0.39, 0.29) is 12.2 Å². The zero-order chi connectivity index (χ0) is 18.8. The number of esters is 1. The topological polar surface area (TPSA) is 86.5 Å². The quantitative estimate of drug-likeness (QED) is 0.518. The highest BCUT2D eigenvalue weighted by Gasteiger charge is 2.21. The Morgan fingerprint density at radius 1 is 1.15 bits per heavy atom. The van der Waals surface area contributed by atoms with Gasteiger partial charge in [-0.2, -0.15) is 10.1 Å². The predicted octanol–water partition coefficient (Wildman–Crippen LogP) is 2.41. The molecule has 0 aliphatic heterocycles. The number of benzene rings is 1. The third kappa shape index (κ3) is 3.46. The number of Topliss-reactive ketones (excluding diaryl/α,β-unsaturated/α-hetero) is 1. The van der Waals surface area contributed by atoms with E-state index in [0.29, 0.717) is 17.0 Å². The Balaban J connectivity index is 1.72. The first-order chi connectivity index (χ1) is 12.4. The lowest BCUT2D eigenvalue weighted by Gasteiger charge is -2.14. The van der Waals surface area contributed by atoms with Gasteiger partial charge >= 0.3 is 5.97 Å². The summed E-state index contributed by atoms with van der Waals surface area (Å²) >= 11 is 0. The van der Waals surface area contributed by atoms with Gasteiger partial charge in [-0.15, -0.1) is 0 Å². The summed E-state index contributed by atoms with van der Waals surface area (Å²) in [5.74, 6) is -0.220. The first-order valence-electron chi connectivity index (χ1n) is 8.33. The van der Waals surface area contributed by atoms with Crippen LogP contribution in [0.1, 0.15) is 39.8 Å². The number of ether oxygens (including phenoxy) is 1. The minimum atomic E-state index is -0.853. The third-order valence-electron chi connectivity index (χ3n) is 4.32. The minimum Gasteiger partial charge on any atom is -0.454 e. The summed E-state index contributed by atoms with van der Waals surface area (Å²) < 4.78 is 6.92. The summed E-state index contributed by atoms with van der Waals surface area (Å²) in [6.45, 7) is 7.19. The number of hydrogen-bond donors (Lipinski definition) is 0. The van der Waals surface area contributed by atoms with Gasteiger partial charge in [0.1, 0.15) is 6.33 Å². The van der Waals surface area contributed by atoms with Gasteiger partial charge in [0.2, 0.25) is 5.78 Å². The summed E-state index contributed by atoms with van der Waals surface area (Å²) in [6.07, 6.45) is 0.583. The molecule has 0 radical (unpaired) electrons. The predicted molar refractivity (Wildman–Crippen MR) is 95.0 cm³/mol. The fourth-order valence-corrected chi connectivity index (χ4v) is 2.80. The van der Waals surface area contributed by atoms with E-state index in [2.05, 4.69) is 15.1 Å². The third-order valence-corrected chi connectivity index (χ3v) is 4.32. The molecule has 0 fully saturated rings. The van der Waals surface area contributed by atoms with Crippen LogP contribution in [0.3, 0.4) is 0 Å². The molecule has 0 aliphatic carbocycles. The van der Waals surface area contributed by atoms with Crippen molar-refractivity contribution in [3.63, 3.8) is 0 Å². The van der Waals surface area contributed by atoms with Gasteiger partial charge in [-0.05, 0) is 27.7 Å². The number of fused-ring (bicyclic) bond motifs is 1. The van der Waals surface area contributed by atoms with Gasteiger partial charge in [0.05, 0.1) is 6.42 Å². The highest BCUT2D eigenvalue weighted by molar-refractivity contribution is 6.00. The highest BCUT2D eigenvalue weighted by Crippen LogP contribution is 2.15. The van der Waals surface area contributed by atoms with Gasteiger partial charge in [-0.3, -0.25) is 9.59 Å². The fraction of sp³-hybridized carbons (Fsp3) is 0.316. The first-order valence-corrected chi connectivity index (χ1v) is 8.33. The van der Waals surface area contributed by atoms with E-state index < -0.39 is 12.1 Å². The maximum atomic E-state index is 12.4. The molecule has 2 heterocycles. The van der Waals surface area contributed by atoms with Crippen molar-refractivity contribution in [2.75, 3.05) is 0 Å². The fourth-order valence-electron chi connectivity index (χ4n) is 2.80. The Labute approximate surface area is 151 Å². The summed E-state index contributed by atoms with van der Waals surface area (Å²) in [5, 5.41) is 4.10. The molecule has 0 bridgehead atoms. The average Bonchev–Trinajstić information content (AvgIpc) is 3.07. The van der Waals surface area contributed by atoms with E-state index in [1.54, 1.807) is 23.6 Å². The number of hydrogen-bond acceptors (Lipinski definition) is 6. The molecule has 0 spiro atoms. The number of aromatic nitrogens is 4. The number of aryl methyl sites for hydroxylation is 3. The van der Waals surface area contributed by atoms with Gasteiger partial charge in [0.25, 0.3) is 5.78 Å². The molecule has 0 unspecified atom stereocenters. The summed E-state index contributed by atoms with van der Waals surface area (Å²) in [6, 6.07) is 7.18. The van der Waals surface area contributed by atoms with Gasteiger partial charge in [0, 0.05) is 22.5 Å². The molecule has 0 amide bonds. The lowest BCUT2D eigenvalue weighted by molar-refractivity contribution is -0.145. The molecule has 2 aromatic heterocycles. The van der Waals surface area contributed by atoms with Gasteiger partial charge in [0.15, 0.2) is 6.10 Å². The Kier molecular flexibility index (Phi) is 4.79. The van der Waals surface area contributed by atoms with Crippen LogP contribution in [0.2, 0.25) is 0 Å². The monoisotopic (exact) mass is 352 g/mol. The molecule has 0 aliphatic rings. The van der Waals surface area contributed by atoms with Crippen LogP contribution in [-0.4, -0.2) is 37.4 Å². The average molecular weight is 352 g/mol. The molecule has 0 N–H and O–H groups in total. The van der Waals surface area contributed by atoms with Crippen molar-refractivity contribution in [1.82, 2.24) is 19.6 Å². The Bertz CT molecular complexity index is 976. The van der Waals surface area contributed by atoms with Crippen LogP contribution >= 0.6 is 0 Å². The molecule has 3 aromatic rings. The van der Waals surface area contributed by atoms with Crippen LogP contribution in [0.4, 0.5) is 0 Å². The molecule has 1 aromatic carbocycles. The number of rotatable bonds is 5. The molecule has 0 saturated heterocycles. The molecule has 1 atom stereocenters. The molecule has 134 valence electrons. The highest BCUT2D eigenvalue weighted by atomic mass is 16.5. The Morgan fingerprint density at radius 3 is 2.54 bits per heavy atom. The molecule has 0 saturated carbocycles. The van der Waals surface area contributed by atoms with Crippen LogP contribution in [0.5, 0.6) is 0 Å². The summed E-state index contributed by atoms with van der Waals surface area (Å²) in [7, 11) is 0. The second-order valence-electron chi connectivity index (χ2n) is 6.27. The zero-order valence-corrected chi connectivity index (χ0v) is 15.2. The number of ketones is 1. The van der Waals surface area contributed by atoms with E-state index >= 15 is 0 Å². The smallest absolute Gasteiger partial charge is 0.311 e. The van der Waals surface area contributed by atoms with E-state index in [1.807, 2.05) is 32.9 Å². The van der Waals surface area contributed by atoms with Crippen LogP contribution < -0.4 is 0 Å². The Hall–Kier alpha value is -3.09. The van der Waals surface area contributed by atoms with E-state index in [0.717, 1.165) is 16.8 Å². The van der Waals surface area contributed by atoms with Crippen LogP contribution in [0.25, 0.3) is 5.78 Å². The summed E-state index contributed by atoms with van der Waals surface area (Å²) in [5.41, 5.74) is 3.78. The zero-order valence-electron chi connectivity index (χ0n) is 15.2. The van der Waals surface area contributed by atoms with Crippen LogP contribution in [0, 0.1) is 20.8 Å². The van der Waals surface area contributed by atoms with Crippen molar-refractivity contribution in [3.05, 3.63) is 58.7 Å².